The Hall–Kier alpha value is -3.49. The number of nitrogens with zero attached hydrogens (tertiary/aromatic N) is 1. The molecule has 0 atom stereocenters. The average molecular weight is 390 g/mol. The molecule has 0 aliphatic carbocycles. The van der Waals surface area contributed by atoms with Crippen molar-refractivity contribution >= 4 is 11.6 Å². The number of halogens is 3. The summed E-state index contributed by atoms with van der Waals surface area (Å²) < 4.78 is 56.0. The standard InChI is InChI=1S/C19H13F3N2O4/c20-12-2-3-13(19(22)18(12)21)23-17(25)9-11-8-15(28-24-11)10-1-4-14-16(7-10)27-6-5-26-14/h1-4,7-8H,5-6,9H2,(H,23,25). The Morgan fingerprint density at radius 2 is 1.79 bits per heavy atom. The highest BCUT2D eigenvalue weighted by molar-refractivity contribution is 5.92. The quantitative estimate of drug-likeness (QED) is 0.688. The van der Waals surface area contributed by atoms with Crippen molar-refractivity contribution in [2.24, 2.45) is 0 Å². The van der Waals surface area contributed by atoms with Gasteiger partial charge in [0.15, 0.2) is 34.7 Å². The van der Waals surface area contributed by atoms with Gasteiger partial charge in [-0.3, -0.25) is 4.79 Å². The van der Waals surface area contributed by atoms with Crippen LogP contribution >= 0.6 is 0 Å². The van der Waals surface area contributed by atoms with E-state index in [1.165, 1.54) is 0 Å². The molecule has 0 saturated carbocycles. The van der Waals surface area contributed by atoms with Gasteiger partial charge >= 0.3 is 0 Å². The lowest BCUT2D eigenvalue weighted by Crippen LogP contribution is -2.16. The largest absolute Gasteiger partial charge is 0.486 e. The molecule has 6 nitrogen and oxygen atoms in total. The molecule has 1 amide bonds. The summed E-state index contributed by atoms with van der Waals surface area (Å²) in [7, 11) is 0. The molecule has 0 unspecified atom stereocenters. The van der Waals surface area contributed by atoms with Crippen LogP contribution in [-0.2, 0) is 11.2 Å². The highest BCUT2D eigenvalue weighted by Gasteiger charge is 2.18. The SMILES string of the molecule is O=C(Cc1cc(-c2ccc3c(c2)OCCO3)on1)Nc1ccc(F)c(F)c1F. The fraction of sp³-hybridized carbons (Fsp3) is 0.158. The Kier molecular flexibility index (Phi) is 4.64. The summed E-state index contributed by atoms with van der Waals surface area (Å²) in [5, 5.41) is 5.98. The Morgan fingerprint density at radius 3 is 2.61 bits per heavy atom. The number of nitrogens with one attached hydrogen (secondary N) is 1. The summed E-state index contributed by atoms with van der Waals surface area (Å²) >= 11 is 0. The van der Waals surface area contributed by atoms with Gasteiger partial charge in [-0.25, -0.2) is 13.2 Å². The minimum absolute atomic E-state index is 0.244. The highest BCUT2D eigenvalue weighted by atomic mass is 19.2. The molecule has 0 bridgehead atoms. The number of hydrogen-bond acceptors (Lipinski definition) is 5. The maximum Gasteiger partial charge on any atom is 0.230 e. The average Bonchev–Trinajstić information content (AvgIpc) is 3.16. The van der Waals surface area contributed by atoms with Crippen LogP contribution < -0.4 is 14.8 Å². The highest BCUT2D eigenvalue weighted by Crippen LogP contribution is 2.34. The molecule has 3 aromatic rings. The van der Waals surface area contributed by atoms with Crippen LogP contribution in [0.2, 0.25) is 0 Å². The van der Waals surface area contributed by atoms with Crippen LogP contribution in [0.3, 0.4) is 0 Å². The van der Waals surface area contributed by atoms with E-state index in [2.05, 4.69) is 10.5 Å². The molecule has 2 aromatic carbocycles. The fourth-order valence-electron chi connectivity index (χ4n) is 2.71. The maximum atomic E-state index is 13.6. The Balaban J connectivity index is 1.46. The zero-order valence-electron chi connectivity index (χ0n) is 14.3. The Bertz CT molecular complexity index is 1050. The molecule has 0 radical (unpaired) electrons. The van der Waals surface area contributed by atoms with Crippen LogP contribution in [0.1, 0.15) is 5.69 Å². The summed E-state index contributed by atoms with van der Waals surface area (Å²) in [6, 6.07) is 8.44. The molecule has 0 fully saturated rings. The van der Waals surface area contributed by atoms with Crippen molar-refractivity contribution in [3.05, 3.63) is 59.5 Å². The third-order valence-electron chi connectivity index (χ3n) is 4.04. The lowest BCUT2D eigenvalue weighted by Gasteiger charge is -2.18. The van der Waals surface area contributed by atoms with Crippen LogP contribution in [0.15, 0.2) is 40.9 Å². The van der Waals surface area contributed by atoms with Crippen molar-refractivity contribution in [1.29, 1.82) is 0 Å². The molecule has 1 N–H and O–H groups in total. The van der Waals surface area contributed by atoms with E-state index in [9.17, 15) is 18.0 Å². The topological polar surface area (TPSA) is 73.6 Å². The van der Waals surface area contributed by atoms with E-state index in [1.54, 1.807) is 24.3 Å². The normalized spacial score (nSPS) is 12.7. The number of anilines is 1. The molecule has 9 heteroatoms. The van der Waals surface area contributed by atoms with E-state index in [4.69, 9.17) is 14.0 Å². The van der Waals surface area contributed by atoms with Gasteiger partial charge in [-0.2, -0.15) is 0 Å². The van der Waals surface area contributed by atoms with Crippen LogP contribution in [0, 0.1) is 17.5 Å². The molecule has 144 valence electrons. The molecule has 1 aliphatic rings. The summed E-state index contributed by atoms with van der Waals surface area (Å²) in [5.41, 5.74) is 0.500. The van der Waals surface area contributed by atoms with Crippen LogP contribution in [0.4, 0.5) is 18.9 Å². The first-order valence-corrected chi connectivity index (χ1v) is 8.30. The first kappa shape index (κ1) is 17.9. The maximum absolute atomic E-state index is 13.6. The summed E-state index contributed by atoms with van der Waals surface area (Å²) in [6.07, 6.45) is -0.244. The molecule has 2 heterocycles. The number of rotatable bonds is 4. The molecule has 0 saturated heterocycles. The van der Waals surface area contributed by atoms with Crippen molar-refractivity contribution in [1.82, 2.24) is 5.16 Å². The predicted octanol–water partition coefficient (Wildman–Crippen LogP) is 3.71. The molecule has 0 spiro atoms. The second-order valence-corrected chi connectivity index (χ2v) is 5.99. The molecular weight excluding hydrogens is 377 g/mol. The number of amides is 1. The van der Waals surface area contributed by atoms with Gasteiger partial charge in [0.25, 0.3) is 0 Å². The first-order valence-electron chi connectivity index (χ1n) is 8.30. The van der Waals surface area contributed by atoms with E-state index in [0.717, 1.165) is 12.1 Å². The van der Waals surface area contributed by atoms with Crippen LogP contribution in [0.25, 0.3) is 11.3 Å². The first-order chi connectivity index (χ1) is 13.5. The van der Waals surface area contributed by atoms with Crippen molar-refractivity contribution in [2.45, 2.75) is 6.42 Å². The Labute approximate surface area is 156 Å². The van der Waals surface area contributed by atoms with E-state index in [1.807, 2.05) is 0 Å². The molecule has 1 aliphatic heterocycles. The Morgan fingerprint density at radius 1 is 1.00 bits per heavy atom. The van der Waals surface area contributed by atoms with Gasteiger partial charge in [0.2, 0.25) is 5.91 Å². The van der Waals surface area contributed by atoms with Gasteiger partial charge in [-0.15, -0.1) is 0 Å². The molecular formula is C19H13F3N2O4. The molecule has 28 heavy (non-hydrogen) atoms. The van der Waals surface area contributed by atoms with Gasteiger partial charge in [0.1, 0.15) is 13.2 Å². The van der Waals surface area contributed by atoms with Crippen molar-refractivity contribution < 1.29 is 32.0 Å². The van der Waals surface area contributed by atoms with E-state index in [-0.39, 0.29) is 12.1 Å². The number of aromatic nitrogens is 1. The number of ether oxygens (including phenoxy) is 2. The lowest BCUT2D eigenvalue weighted by molar-refractivity contribution is -0.115. The summed E-state index contributed by atoms with van der Waals surface area (Å²) in [6.45, 7) is 0.922. The third kappa shape index (κ3) is 3.51. The number of carbonyl (C=O) groups excluding carboxylic acids is 1. The molecule has 1 aromatic heterocycles. The monoisotopic (exact) mass is 390 g/mol. The van der Waals surface area contributed by atoms with E-state index in [0.29, 0.717) is 36.0 Å². The van der Waals surface area contributed by atoms with E-state index >= 15 is 0 Å². The fourth-order valence-corrected chi connectivity index (χ4v) is 2.71. The minimum atomic E-state index is -1.65. The summed E-state index contributed by atoms with van der Waals surface area (Å²) in [4.78, 5) is 12.1. The number of benzene rings is 2. The molecule has 4 rings (SSSR count). The van der Waals surface area contributed by atoms with Crippen molar-refractivity contribution in [2.75, 3.05) is 18.5 Å². The van der Waals surface area contributed by atoms with E-state index < -0.39 is 29.0 Å². The van der Waals surface area contributed by atoms with Crippen LogP contribution in [0.5, 0.6) is 11.5 Å². The van der Waals surface area contributed by atoms with Gasteiger partial charge in [0, 0.05) is 11.6 Å². The predicted molar refractivity (Wildman–Crippen MR) is 91.6 cm³/mol. The van der Waals surface area contributed by atoms with Crippen molar-refractivity contribution in [3.8, 4) is 22.8 Å². The third-order valence-corrected chi connectivity index (χ3v) is 4.04. The lowest BCUT2D eigenvalue weighted by atomic mass is 10.1. The van der Waals surface area contributed by atoms with Gasteiger partial charge < -0.3 is 19.3 Å². The van der Waals surface area contributed by atoms with Crippen molar-refractivity contribution in [3.63, 3.8) is 0 Å². The number of hydrogen-bond donors (Lipinski definition) is 1. The second kappa shape index (κ2) is 7.26. The zero-order valence-corrected chi connectivity index (χ0v) is 14.3. The second-order valence-electron chi connectivity index (χ2n) is 5.99. The minimum Gasteiger partial charge on any atom is -0.486 e. The smallest absolute Gasteiger partial charge is 0.230 e. The van der Waals surface area contributed by atoms with Gasteiger partial charge in [-0.1, -0.05) is 5.16 Å². The summed E-state index contributed by atoms with van der Waals surface area (Å²) in [5.74, 6) is -3.51. The van der Waals surface area contributed by atoms with Crippen LogP contribution in [-0.4, -0.2) is 24.3 Å². The zero-order chi connectivity index (χ0) is 19.7. The number of fused-ring (bicyclic) bond motifs is 1. The number of carbonyl (C=O) groups is 1. The van der Waals surface area contributed by atoms with Gasteiger partial charge in [-0.05, 0) is 30.3 Å². The van der Waals surface area contributed by atoms with Gasteiger partial charge in [0.05, 0.1) is 17.8 Å².